The first-order valence-electron chi connectivity index (χ1n) is 4.94. The van der Waals surface area contributed by atoms with E-state index in [1.165, 1.54) is 0 Å². The standard InChI is InChI=1S/C9H21N3O/c1-12-5-3-11-9(8-12)7-10-4-6-13-2/h9-11H,3-8H2,1-2H3. The van der Waals surface area contributed by atoms with Gasteiger partial charge in [-0.1, -0.05) is 0 Å². The summed E-state index contributed by atoms with van der Waals surface area (Å²) in [5, 5.41) is 6.84. The second-order valence-corrected chi connectivity index (χ2v) is 3.61. The predicted octanol–water partition coefficient (Wildman–Crippen LogP) is -0.874. The molecular weight excluding hydrogens is 166 g/mol. The summed E-state index contributed by atoms with van der Waals surface area (Å²) in [5.74, 6) is 0. The van der Waals surface area contributed by atoms with Gasteiger partial charge in [0.25, 0.3) is 0 Å². The van der Waals surface area contributed by atoms with E-state index in [0.717, 1.165) is 39.3 Å². The number of rotatable bonds is 5. The minimum Gasteiger partial charge on any atom is -0.383 e. The average molecular weight is 187 g/mol. The Bertz CT molecular complexity index is 132. The third kappa shape index (κ3) is 4.57. The van der Waals surface area contributed by atoms with Crippen LogP contribution < -0.4 is 10.6 Å². The van der Waals surface area contributed by atoms with Crippen molar-refractivity contribution >= 4 is 0 Å². The summed E-state index contributed by atoms with van der Waals surface area (Å²) in [4.78, 5) is 2.36. The highest BCUT2D eigenvalue weighted by Crippen LogP contribution is 1.93. The average Bonchev–Trinajstić information content (AvgIpc) is 2.13. The molecule has 4 heteroatoms. The second kappa shape index (κ2) is 6.32. The van der Waals surface area contributed by atoms with Crippen molar-refractivity contribution in [3.05, 3.63) is 0 Å². The Morgan fingerprint density at radius 2 is 2.46 bits per heavy atom. The number of nitrogens with zero attached hydrogens (tertiary/aromatic N) is 1. The van der Waals surface area contributed by atoms with E-state index in [4.69, 9.17) is 4.74 Å². The van der Waals surface area contributed by atoms with Crippen LogP contribution in [-0.2, 0) is 4.74 Å². The molecule has 1 fully saturated rings. The Balaban J connectivity index is 2.00. The Hall–Kier alpha value is -0.160. The van der Waals surface area contributed by atoms with Gasteiger partial charge in [-0.3, -0.25) is 0 Å². The zero-order valence-electron chi connectivity index (χ0n) is 8.68. The van der Waals surface area contributed by atoms with Gasteiger partial charge in [-0.2, -0.15) is 0 Å². The zero-order chi connectivity index (χ0) is 9.52. The summed E-state index contributed by atoms with van der Waals surface area (Å²) < 4.78 is 4.96. The summed E-state index contributed by atoms with van der Waals surface area (Å²) in [6.45, 7) is 6.18. The van der Waals surface area contributed by atoms with Gasteiger partial charge >= 0.3 is 0 Å². The van der Waals surface area contributed by atoms with Gasteiger partial charge in [-0.05, 0) is 7.05 Å². The van der Waals surface area contributed by atoms with Crippen LogP contribution in [0.15, 0.2) is 0 Å². The topological polar surface area (TPSA) is 36.5 Å². The molecule has 1 unspecified atom stereocenters. The molecule has 0 aliphatic carbocycles. The van der Waals surface area contributed by atoms with E-state index in [-0.39, 0.29) is 0 Å². The van der Waals surface area contributed by atoms with Crippen molar-refractivity contribution in [3.8, 4) is 0 Å². The highest BCUT2D eigenvalue weighted by molar-refractivity contribution is 4.78. The van der Waals surface area contributed by atoms with Gasteiger partial charge in [-0.25, -0.2) is 0 Å². The van der Waals surface area contributed by atoms with E-state index < -0.39 is 0 Å². The van der Waals surface area contributed by atoms with Crippen LogP contribution in [0.2, 0.25) is 0 Å². The lowest BCUT2D eigenvalue weighted by Gasteiger charge is -2.31. The molecule has 0 radical (unpaired) electrons. The Kier molecular flexibility index (Phi) is 5.31. The van der Waals surface area contributed by atoms with Crippen LogP contribution in [0.4, 0.5) is 0 Å². The van der Waals surface area contributed by atoms with Crippen LogP contribution in [-0.4, -0.2) is 64.4 Å². The minimum atomic E-state index is 0.593. The molecule has 1 aliphatic heterocycles. The van der Waals surface area contributed by atoms with E-state index in [1.807, 2.05) is 0 Å². The van der Waals surface area contributed by atoms with Crippen molar-refractivity contribution < 1.29 is 4.74 Å². The first-order valence-corrected chi connectivity index (χ1v) is 4.94. The number of nitrogens with one attached hydrogen (secondary N) is 2. The number of hydrogen-bond acceptors (Lipinski definition) is 4. The molecule has 0 bridgehead atoms. The van der Waals surface area contributed by atoms with Crippen LogP contribution in [0.3, 0.4) is 0 Å². The third-order valence-electron chi connectivity index (χ3n) is 2.33. The van der Waals surface area contributed by atoms with Crippen molar-refractivity contribution in [3.63, 3.8) is 0 Å². The summed E-state index contributed by atoms with van der Waals surface area (Å²) in [7, 11) is 3.90. The molecule has 1 rings (SSSR count). The monoisotopic (exact) mass is 187 g/mol. The predicted molar refractivity (Wildman–Crippen MR) is 54.0 cm³/mol. The van der Waals surface area contributed by atoms with Crippen LogP contribution in [0.1, 0.15) is 0 Å². The van der Waals surface area contributed by atoms with E-state index >= 15 is 0 Å². The number of ether oxygens (including phenoxy) is 1. The lowest BCUT2D eigenvalue weighted by molar-refractivity contribution is 0.193. The maximum atomic E-state index is 4.96. The van der Waals surface area contributed by atoms with E-state index in [1.54, 1.807) is 7.11 Å². The summed E-state index contributed by atoms with van der Waals surface area (Å²) >= 11 is 0. The van der Waals surface area contributed by atoms with Crippen molar-refractivity contribution in [2.45, 2.75) is 6.04 Å². The number of hydrogen-bond donors (Lipinski definition) is 2. The molecule has 1 heterocycles. The molecule has 0 aromatic rings. The van der Waals surface area contributed by atoms with Crippen molar-refractivity contribution in [2.75, 3.05) is 53.5 Å². The first kappa shape index (κ1) is 10.9. The van der Waals surface area contributed by atoms with Gasteiger partial charge in [0.15, 0.2) is 0 Å². The van der Waals surface area contributed by atoms with Gasteiger partial charge in [0, 0.05) is 45.9 Å². The van der Waals surface area contributed by atoms with E-state index in [9.17, 15) is 0 Å². The van der Waals surface area contributed by atoms with Gasteiger partial charge in [0.05, 0.1) is 6.61 Å². The Morgan fingerprint density at radius 1 is 1.62 bits per heavy atom. The maximum absolute atomic E-state index is 4.96. The lowest BCUT2D eigenvalue weighted by Crippen LogP contribution is -2.53. The van der Waals surface area contributed by atoms with E-state index in [0.29, 0.717) is 6.04 Å². The van der Waals surface area contributed by atoms with Gasteiger partial charge in [0.2, 0.25) is 0 Å². The fourth-order valence-corrected chi connectivity index (χ4v) is 1.58. The van der Waals surface area contributed by atoms with Gasteiger partial charge in [0.1, 0.15) is 0 Å². The van der Waals surface area contributed by atoms with Crippen molar-refractivity contribution in [1.29, 1.82) is 0 Å². The quantitative estimate of drug-likeness (QED) is 0.548. The summed E-state index contributed by atoms with van der Waals surface area (Å²) in [5.41, 5.74) is 0. The smallest absolute Gasteiger partial charge is 0.0587 e. The lowest BCUT2D eigenvalue weighted by atomic mass is 10.2. The second-order valence-electron chi connectivity index (χ2n) is 3.61. The SMILES string of the molecule is COCCNCC1CN(C)CCN1. The van der Waals surface area contributed by atoms with Gasteiger partial charge in [-0.15, -0.1) is 0 Å². The molecule has 13 heavy (non-hydrogen) atoms. The molecule has 0 spiro atoms. The van der Waals surface area contributed by atoms with Crippen LogP contribution >= 0.6 is 0 Å². The normalized spacial score (nSPS) is 24.9. The van der Waals surface area contributed by atoms with Crippen molar-refractivity contribution in [1.82, 2.24) is 15.5 Å². The fraction of sp³-hybridized carbons (Fsp3) is 1.00. The molecule has 1 saturated heterocycles. The Labute approximate surface area is 80.6 Å². The molecule has 1 aliphatic rings. The molecule has 0 aromatic heterocycles. The third-order valence-corrected chi connectivity index (χ3v) is 2.33. The molecule has 78 valence electrons. The summed E-state index contributed by atoms with van der Waals surface area (Å²) in [6.07, 6.45) is 0. The first-order chi connectivity index (χ1) is 6.33. The van der Waals surface area contributed by atoms with Crippen molar-refractivity contribution in [2.24, 2.45) is 0 Å². The minimum absolute atomic E-state index is 0.593. The fourth-order valence-electron chi connectivity index (χ4n) is 1.58. The molecule has 4 nitrogen and oxygen atoms in total. The van der Waals surface area contributed by atoms with Gasteiger partial charge < -0.3 is 20.3 Å². The number of methoxy groups -OCH3 is 1. The largest absolute Gasteiger partial charge is 0.383 e. The number of likely N-dealkylation sites (N-methyl/N-ethyl adjacent to an activating group) is 1. The van der Waals surface area contributed by atoms with Crippen LogP contribution in [0.25, 0.3) is 0 Å². The van der Waals surface area contributed by atoms with Crippen LogP contribution in [0.5, 0.6) is 0 Å². The van der Waals surface area contributed by atoms with Crippen LogP contribution in [0, 0.1) is 0 Å². The molecule has 2 N–H and O–H groups in total. The number of piperazine rings is 1. The molecule has 0 saturated carbocycles. The van der Waals surface area contributed by atoms with E-state index in [2.05, 4.69) is 22.6 Å². The molecule has 0 amide bonds. The zero-order valence-corrected chi connectivity index (χ0v) is 8.68. The molecular formula is C9H21N3O. The molecule has 1 atom stereocenters. The molecule has 0 aromatic carbocycles. The maximum Gasteiger partial charge on any atom is 0.0587 e. The highest BCUT2D eigenvalue weighted by atomic mass is 16.5. The Morgan fingerprint density at radius 3 is 3.15 bits per heavy atom. The highest BCUT2D eigenvalue weighted by Gasteiger charge is 2.14. The summed E-state index contributed by atoms with van der Waals surface area (Å²) in [6, 6.07) is 0.593.